The van der Waals surface area contributed by atoms with Gasteiger partial charge in [0.05, 0.1) is 0 Å². The van der Waals surface area contributed by atoms with Crippen molar-refractivity contribution in [1.29, 1.82) is 0 Å². The third-order valence-corrected chi connectivity index (χ3v) is 1.62. The summed E-state index contributed by atoms with van der Waals surface area (Å²) in [4.78, 5) is 3.92. The first kappa shape index (κ1) is 7.55. The summed E-state index contributed by atoms with van der Waals surface area (Å²) >= 11 is 5.54. The lowest BCUT2D eigenvalue weighted by Gasteiger charge is -1.95. The highest BCUT2D eigenvalue weighted by Crippen LogP contribution is 2.00. The van der Waals surface area contributed by atoms with Crippen molar-refractivity contribution in [1.82, 2.24) is 4.98 Å². The van der Waals surface area contributed by atoms with Gasteiger partial charge in [-0.2, -0.15) is 0 Å². The molecule has 0 unspecified atom stereocenters. The van der Waals surface area contributed by atoms with E-state index in [1.165, 1.54) is 5.56 Å². The minimum Gasteiger partial charge on any atom is -0.265 e. The zero-order valence-electron chi connectivity index (χ0n) is 5.76. The fourth-order valence-electron chi connectivity index (χ4n) is 0.820. The number of aromatic nitrogens is 1. The van der Waals surface area contributed by atoms with E-state index in [0.717, 1.165) is 18.7 Å². The molecule has 0 amide bonds. The average Bonchev–Trinajstić information content (AvgIpc) is 2.03. The van der Waals surface area contributed by atoms with Gasteiger partial charge in [-0.05, 0) is 30.5 Å². The van der Waals surface area contributed by atoms with E-state index in [-0.39, 0.29) is 0 Å². The van der Waals surface area contributed by atoms with Crippen LogP contribution in [0.2, 0.25) is 0 Å². The Bertz CT molecular complexity index is 174. The van der Waals surface area contributed by atoms with Crippen LogP contribution in [0, 0.1) is 0 Å². The number of nitrogens with zero attached hydrogens (tertiary/aromatic N) is 1. The van der Waals surface area contributed by atoms with Gasteiger partial charge in [-0.1, -0.05) is 0 Å². The van der Waals surface area contributed by atoms with E-state index < -0.39 is 0 Å². The van der Waals surface area contributed by atoms with Crippen molar-refractivity contribution in [3.05, 3.63) is 30.1 Å². The molecule has 1 aromatic rings. The predicted molar refractivity (Wildman–Crippen MR) is 43.3 cm³/mol. The monoisotopic (exact) mass is 155 g/mol. The molecule has 0 atom stereocenters. The number of hydrogen-bond acceptors (Lipinski definition) is 1. The van der Waals surface area contributed by atoms with E-state index in [2.05, 4.69) is 4.98 Å². The average molecular weight is 156 g/mol. The van der Waals surface area contributed by atoms with Crippen LogP contribution in [0.5, 0.6) is 0 Å². The van der Waals surface area contributed by atoms with Crippen LogP contribution in [0.15, 0.2) is 24.5 Å². The van der Waals surface area contributed by atoms with Crippen molar-refractivity contribution < 1.29 is 0 Å². The summed E-state index contributed by atoms with van der Waals surface area (Å²) in [5, 5.41) is 0. The predicted octanol–water partition coefficient (Wildman–Crippen LogP) is 2.25. The minimum atomic E-state index is 0.738. The second kappa shape index (κ2) is 4.29. The fourth-order valence-corrected chi connectivity index (χ4v) is 0.954. The summed E-state index contributed by atoms with van der Waals surface area (Å²) < 4.78 is 0. The second-order valence-corrected chi connectivity index (χ2v) is 2.53. The first-order valence-electron chi connectivity index (χ1n) is 3.38. The zero-order valence-corrected chi connectivity index (χ0v) is 6.51. The van der Waals surface area contributed by atoms with Gasteiger partial charge in [0, 0.05) is 18.3 Å². The Hall–Kier alpha value is -0.560. The summed E-state index contributed by atoms with van der Waals surface area (Å²) in [6, 6.07) is 4.04. The van der Waals surface area contributed by atoms with E-state index in [9.17, 15) is 0 Å². The molecule has 1 aromatic heterocycles. The standard InChI is InChI=1S/C8H10ClN/c9-5-1-2-8-3-6-10-7-4-8/h3-4,6-7H,1-2,5H2. The van der Waals surface area contributed by atoms with Crippen molar-refractivity contribution in [2.75, 3.05) is 5.88 Å². The molecule has 0 saturated heterocycles. The fraction of sp³-hybridized carbons (Fsp3) is 0.375. The molecule has 0 radical (unpaired) electrons. The maximum Gasteiger partial charge on any atom is 0.0270 e. The van der Waals surface area contributed by atoms with Crippen LogP contribution in [0.4, 0.5) is 0 Å². The van der Waals surface area contributed by atoms with Crippen LogP contribution in [-0.2, 0) is 6.42 Å². The molecule has 54 valence electrons. The number of pyridine rings is 1. The molecule has 0 saturated carbocycles. The highest BCUT2D eigenvalue weighted by Gasteiger charge is 1.88. The molecular formula is C8H10ClN. The molecule has 10 heavy (non-hydrogen) atoms. The van der Waals surface area contributed by atoms with Crippen LogP contribution in [-0.4, -0.2) is 10.9 Å². The number of hydrogen-bond donors (Lipinski definition) is 0. The smallest absolute Gasteiger partial charge is 0.0270 e. The summed E-state index contributed by atoms with van der Waals surface area (Å²) in [7, 11) is 0. The van der Waals surface area contributed by atoms with Gasteiger partial charge in [0.1, 0.15) is 0 Å². The SMILES string of the molecule is ClCCCc1ccncc1. The van der Waals surface area contributed by atoms with Gasteiger partial charge in [0.25, 0.3) is 0 Å². The van der Waals surface area contributed by atoms with Gasteiger partial charge >= 0.3 is 0 Å². The van der Waals surface area contributed by atoms with Gasteiger partial charge in [0.2, 0.25) is 0 Å². The first-order chi connectivity index (χ1) is 4.93. The highest BCUT2D eigenvalue weighted by molar-refractivity contribution is 6.17. The maximum absolute atomic E-state index is 5.54. The maximum atomic E-state index is 5.54. The lowest BCUT2D eigenvalue weighted by molar-refractivity contribution is 0.925. The molecule has 0 fully saturated rings. The molecule has 2 heteroatoms. The number of halogens is 1. The molecule has 1 rings (SSSR count). The van der Waals surface area contributed by atoms with E-state index >= 15 is 0 Å². The Balaban J connectivity index is 2.43. The summed E-state index contributed by atoms with van der Waals surface area (Å²) in [5.74, 6) is 0.738. The lowest BCUT2D eigenvalue weighted by atomic mass is 10.2. The van der Waals surface area contributed by atoms with E-state index in [1.807, 2.05) is 24.5 Å². The minimum absolute atomic E-state index is 0.738. The molecular weight excluding hydrogens is 146 g/mol. The van der Waals surface area contributed by atoms with Gasteiger partial charge < -0.3 is 0 Å². The third-order valence-electron chi connectivity index (χ3n) is 1.35. The van der Waals surface area contributed by atoms with Crippen molar-refractivity contribution in [2.45, 2.75) is 12.8 Å². The number of alkyl halides is 1. The Kier molecular flexibility index (Phi) is 3.23. The molecule has 0 aliphatic heterocycles. The van der Waals surface area contributed by atoms with Crippen LogP contribution < -0.4 is 0 Å². The summed E-state index contributed by atoms with van der Waals surface area (Å²) in [6.45, 7) is 0. The lowest BCUT2D eigenvalue weighted by Crippen LogP contribution is -1.85. The molecule has 1 nitrogen and oxygen atoms in total. The number of rotatable bonds is 3. The van der Waals surface area contributed by atoms with Crippen molar-refractivity contribution in [2.24, 2.45) is 0 Å². The van der Waals surface area contributed by atoms with Gasteiger partial charge in [-0.15, -0.1) is 11.6 Å². The van der Waals surface area contributed by atoms with Gasteiger partial charge in [0.15, 0.2) is 0 Å². The molecule has 1 heterocycles. The van der Waals surface area contributed by atoms with Crippen LogP contribution in [0.3, 0.4) is 0 Å². The Morgan fingerprint density at radius 1 is 1.30 bits per heavy atom. The number of aryl methyl sites for hydroxylation is 1. The summed E-state index contributed by atoms with van der Waals surface area (Å²) in [6.07, 6.45) is 5.73. The molecule has 0 aromatic carbocycles. The van der Waals surface area contributed by atoms with Crippen LogP contribution >= 0.6 is 11.6 Å². The molecule has 0 bridgehead atoms. The molecule has 0 aliphatic rings. The molecule has 0 aliphatic carbocycles. The summed E-state index contributed by atoms with van der Waals surface area (Å²) in [5.41, 5.74) is 1.32. The van der Waals surface area contributed by atoms with Crippen molar-refractivity contribution >= 4 is 11.6 Å². The Labute approximate surface area is 66.0 Å². The largest absolute Gasteiger partial charge is 0.265 e. The van der Waals surface area contributed by atoms with E-state index in [0.29, 0.717) is 0 Å². The zero-order chi connectivity index (χ0) is 7.23. The topological polar surface area (TPSA) is 12.9 Å². The van der Waals surface area contributed by atoms with Crippen molar-refractivity contribution in [3.63, 3.8) is 0 Å². The van der Waals surface area contributed by atoms with Gasteiger partial charge in [-0.25, -0.2) is 0 Å². The molecule has 0 spiro atoms. The van der Waals surface area contributed by atoms with E-state index in [1.54, 1.807) is 0 Å². The van der Waals surface area contributed by atoms with Crippen LogP contribution in [0.25, 0.3) is 0 Å². The van der Waals surface area contributed by atoms with Gasteiger partial charge in [-0.3, -0.25) is 4.98 Å². The quantitative estimate of drug-likeness (QED) is 0.611. The van der Waals surface area contributed by atoms with E-state index in [4.69, 9.17) is 11.6 Å². The molecule has 0 N–H and O–H groups in total. The van der Waals surface area contributed by atoms with Crippen LogP contribution in [0.1, 0.15) is 12.0 Å². The highest BCUT2D eigenvalue weighted by atomic mass is 35.5. The third kappa shape index (κ3) is 2.36. The Morgan fingerprint density at radius 3 is 2.60 bits per heavy atom. The van der Waals surface area contributed by atoms with Crippen molar-refractivity contribution in [3.8, 4) is 0 Å². The Morgan fingerprint density at radius 2 is 2.00 bits per heavy atom. The first-order valence-corrected chi connectivity index (χ1v) is 3.92. The second-order valence-electron chi connectivity index (χ2n) is 2.15. The normalized spacial score (nSPS) is 9.70.